The minimum absolute atomic E-state index is 0.162. The highest BCUT2D eigenvalue weighted by Crippen LogP contribution is 2.48. The summed E-state index contributed by atoms with van der Waals surface area (Å²) in [5.74, 6) is 0.404. The molecule has 8 nitrogen and oxygen atoms in total. The Hall–Kier alpha value is -1.86. The van der Waals surface area contributed by atoms with E-state index in [2.05, 4.69) is 15.4 Å². The Kier molecular flexibility index (Phi) is 7.66. The molecule has 2 rings (SSSR count). The van der Waals surface area contributed by atoms with Crippen molar-refractivity contribution in [2.45, 2.75) is 33.8 Å². The minimum atomic E-state index is -3.18. The molecule has 0 aliphatic heterocycles. The molecule has 0 bridgehead atoms. The lowest BCUT2D eigenvalue weighted by Crippen LogP contribution is -2.07. The monoisotopic (exact) mass is 383 g/mol. The lowest BCUT2D eigenvalue weighted by Gasteiger charge is -2.16. The van der Waals surface area contributed by atoms with Gasteiger partial charge in [0.25, 0.3) is 0 Å². The molecule has 0 radical (unpaired) electrons. The predicted molar refractivity (Wildman–Crippen MR) is 100 cm³/mol. The van der Waals surface area contributed by atoms with Gasteiger partial charge >= 0.3 is 13.3 Å². The molecule has 0 spiro atoms. The van der Waals surface area contributed by atoms with Crippen molar-refractivity contribution in [1.82, 2.24) is 9.97 Å². The molecule has 0 atom stereocenters. The Balaban J connectivity index is 1.95. The van der Waals surface area contributed by atoms with E-state index < -0.39 is 7.60 Å². The van der Waals surface area contributed by atoms with Crippen LogP contribution in [0.15, 0.2) is 29.1 Å². The van der Waals surface area contributed by atoms with E-state index in [1.807, 2.05) is 31.2 Å². The Morgan fingerprint density at radius 3 is 2.35 bits per heavy atom. The van der Waals surface area contributed by atoms with E-state index in [9.17, 15) is 9.36 Å². The summed E-state index contributed by atoms with van der Waals surface area (Å²) in [6.45, 7) is 6.47. The molecule has 144 valence electrons. The number of H-pyrrole nitrogens is 2. The van der Waals surface area contributed by atoms with Gasteiger partial charge in [-0.2, -0.15) is 0 Å². The van der Waals surface area contributed by atoms with Crippen molar-refractivity contribution < 1.29 is 18.5 Å². The molecule has 1 heterocycles. The molecule has 1 aromatic heterocycles. The van der Waals surface area contributed by atoms with Crippen LogP contribution in [0.2, 0.25) is 0 Å². The fourth-order valence-corrected chi connectivity index (χ4v) is 4.00. The standard InChI is InChI=1S/C17H26N3O5P/c1-4-24-26(22,25-5-2)11-10-15-16(19-17(21)18-15)20-23-12-14-8-6-13(3)7-9-14/h6-9,20H,4-5,10-12H2,1-3H3,(H2,18,19,21). The van der Waals surface area contributed by atoms with Gasteiger partial charge in [-0.3, -0.25) is 14.4 Å². The maximum atomic E-state index is 12.5. The summed E-state index contributed by atoms with van der Waals surface area (Å²) in [6.07, 6.45) is 0.474. The molecule has 0 fully saturated rings. The van der Waals surface area contributed by atoms with Crippen molar-refractivity contribution in [1.29, 1.82) is 0 Å². The number of aromatic amines is 2. The van der Waals surface area contributed by atoms with Gasteiger partial charge in [-0.1, -0.05) is 29.8 Å². The summed E-state index contributed by atoms with van der Waals surface area (Å²) >= 11 is 0. The van der Waals surface area contributed by atoms with Gasteiger partial charge in [0.15, 0.2) is 5.82 Å². The summed E-state index contributed by atoms with van der Waals surface area (Å²) in [5.41, 5.74) is 5.10. The number of hydrogen-bond donors (Lipinski definition) is 3. The molecule has 0 aliphatic carbocycles. The average molecular weight is 383 g/mol. The summed E-state index contributed by atoms with van der Waals surface area (Å²) < 4.78 is 23.1. The summed E-state index contributed by atoms with van der Waals surface area (Å²) in [4.78, 5) is 22.4. The Morgan fingerprint density at radius 2 is 1.73 bits per heavy atom. The van der Waals surface area contributed by atoms with Crippen molar-refractivity contribution in [3.63, 3.8) is 0 Å². The van der Waals surface area contributed by atoms with E-state index in [4.69, 9.17) is 13.9 Å². The zero-order valence-electron chi connectivity index (χ0n) is 15.3. The highest BCUT2D eigenvalue weighted by atomic mass is 31.2. The quantitative estimate of drug-likeness (QED) is 0.406. The molecule has 9 heteroatoms. The van der Waals surface area contributed by atoms with Gasteiger partial charge in [-0.15, -0.1) is 0 Å². The van der Waals surface area contributed by atoms with Crippen LogP contribution in [0.3, 0.4) is 0 Å². The van der Waals surface area contributed by atoms with Crippen molar-refractivity contribution in [2.75, 3.05) is 24.9 Å². The van der Waals surface area contributed by atoms with Crippen molar-refractivity contribution in [3.05, 3.63) is 51.6 Å². The Bertz CT molecular complexity index is 774. The first-order valence-corrected chi connectivity index (χ1v) is 10.3. The maximum absolute atomic E-state index is 12.5. The van der Waals surface area contributed by atoms with Crippen molar-refractivity contribution in [3.8, 4) is 0 Å². The highest BCUT2D eigenvalue weighted by Gasteiger charge is 2.24. The second-order valence-electron chi connectivity index (χ2n) is 5.73. The lowest BCUT2D eigenvalue weighted by molar-refractivity contribution is 0.178. The fraction of sp³-hybridized carbons (Fsp3) is 0.471. The van der Waals surface area contributed by atoms with Crippen LogP contribution in [0.25, 0.3) is 0 Å². The molecular formula is C17H26N3O5P. The van der Waals surface area contributed by atoms with Crippen LogP contribution in [0.1, 0.15) is 30.7 Å². The second-order valence-corrected chi connectivity index (χ2v) is 7.91. The van der Waals surface area contributed by atoms with Gasteiger partial charge < -0.3 is 14.0 Å². The van der Waals surface area contributed by atoms with Crippen molar-refractivity contribution >= 4 is 13.4 Å². The van der Waals surface area contributed by atoms with Crippen LogP contribution < -0.4 is 11.2 Å². The third-order valence-corrected chi connectivity index (χ3v) is 5.70. The number of rotatable bonds is 11. The minimum Gasteiger partial charge on any atom is -0.309 e. The van der Waals surface area contributed by atoms with Gasteiger partial charge in [-0.05, 0) is 26.3 Å². The first kappa shape index (κ1) is 20.5. The van der Waals surface area contributed by atoms with Gasteiger partial charge in [0.1, 0.15) is 0 Å². The zero-order valence-corrected chi connectivity index (χ0v) is 16.2. The SMILES string of the molecule is CCOP(=O)(CCc1[nH]c(=O)[nH]c1NOCc1ccc(C)cc1)OCC. The van der Waals surface area contributed by atoms with Gasteiger partial charge in [0, 0.05) is 6.42 Å². The van der Waals surface area contributed by atoms with Gasteiger partial charge in [0.2, 0.25) is 0 Å². The number of aromatic nitrogens is 2. The van der Waals surface area contributed by atoms with E-state index in [1.54, 1.807) is 13.8 Å². The molecule has 2 aromatic rings. The molecule has 0 saturated carbocycles. The normalized spacial score (nSPS) is 11.7. The Labute approximate surface area is 152 Å². The van der Waals surface area contributed by atoms with Crippen LogP contribution in [0.4, 0.5) is 5.82 Å². The number of hydrogen-bond acceptors (Lipinski definition) is 6. The van der Waals surface area contributed by atoms with E-state index in [0.29, 0.717) is 37.8 Å². The fourth-order valence-electron chi connectivity index (χ4n) is 2.38. The Morgan fingerprint density at radius 1 is 1.08 bits per heavy atom. The molecular weight excluding hydrogens is 357 g/mol. The van der Waals surface area contributed by atoms with Crippen LogP contribution >= 0.6 is 7.60 Å². The highest BCUT2D eigenvalue weighted by molar-refractivity contribution is 7.53. The van der Waals surface area contributed by atoms with E-state index >= 15 is 0 Å². The molecule has 0 aliphatic rings. The smallest absolute Gasteiger partial charge is 0.309 e. The largest absolute Gasteiger partial charge is 0.331 e. The predicted octanol–water partition coefficient (Wildman–Crippen LogP) is 3.36. The average Bonchev–Trinajstić information content (AvgIpc) is 2.95. The van der Waals surface area contributed by atoms with Crippen LogP contribution in [-0.2, 0) is 31.5 Å². The first-order valence-electron chi connectivity index (χ1n) is 8.58. The number of anilines is 1. The number of benzene rings is 1. The summed E-state index contributed by atoms with van der Waals surface area (Å²) in [5, 5.41) is 0. The first-order chi connectivity index (χ1) is 12.5. The van der Waals surface area contributed by atoms with E-state index in [0.717, 1.165) is 5.56 Å². The van der Waals surface area contributed by atoms with E-state index in [1.165, 1.54) is 5.56 Å². The van der Waals surface area contributed by atoms with Crippen LogP contribution in [0, 0.1) is 6.92 Å². The lowest BCUT2D eigenvalue weighted by atomic mass is 10.2. The second kappa shape index (κ2) is 9.73. The number of nitrogens with one attached hydrogen (secondary N) is 3. The van der Waals surface area contributed by atoms with Crippen molar-refractivity contribution in [2.24, 2.45) is 0 Å². The topological polar surface area (TPSA) is 105 Å². The third kappa shape index (κ3) is 6.14. The van der Waals surface area contributed by atoms with Crippen LogP contribution in [-0.4, -0.2) is 29.3 Å². The molecule has 26 heavy (non-hydrogen) atoms. The van der Waals surface area contributed by atoms with Gasteiger partial charge in [0.05, 0.1) is 31.7 Å². The number of imidazole rings is 1. The van der Waals surface area contributed by atoms with E-state index in [-0.39, 0.29) is 11.9 Å². The number of aryl methyl sites for hydroxylation is 2. The maximum Gasteiger partial charge on any atom is 0.331 e. The molecule has 0 amide bonds. The van der Waals surface area contributed by atoms with Crippen LogP contribution in [0.5, 0.6) is 0 Å². The molecule has 0 unspecified atom stereocenters. The zero-order chi connectivity index (χ0) is 19.0. The summed E-state index contributed by atoms with van der Waals surface area (Å²) in [7, 11) is -3.18. The summed E-state index contributed by atoms with van der Waals surface area (Å²) in [6, 6.07) is 7.94. The van der Waals surface area contributed by atoms with Gasteiger partial charge in [-0.25, -0.2) is 10.3 Å². The molecule has 3 N–H and O–H groups in total. The molecule has 0 saturated heterocycles. The third-order valence-electron chi connectivity index (χ3n) is 3.63. The molecule has 1 aromatic carbocycles.